The summed E-state index contributed by atoms with van der Waals surface area (Å²) < 4.78 is 13.2. The van der Waals surface area contributed by atoms with E-state index in [1.54, 1.807) is 24.3 Å². The van der Waals surface area contributed by atoms with E-state index in [2.05, 4.69) is 10.6 Å². The number of amides is 2. The molecule has 1 heterocycles. The van der Waals surface area contributed by atoms with Gasteiger partial charge < -0.3 is 10.6 Å². The molecule has 3 rings (SSSR count). The predicted molar refractivity (Wildman–Crippen MR) is 104 cm³/mol. The Labute approximate surface area is 161 Å². The van der Waals surface area contributed by atoms with E-state index < -0.39 is 6.04 Å². The molecule has 0 bridgehead atoms. The van der Waals surface area contributed by atoms with Crippen molar-refractivity contribution in [3.8, 4) is 0 Å². The smallest absolute Gasteiger partial charge is 0.251 e. The Balaban J connectivity index is 1.67. The fourth-order valence-corrected chi connectivity index (χ4v) is 3.53. The van der Waals surface area contributed by atoms with Crippen LogP contribution in [-0.2, 0) is 4.79 Å². The van der Waals surface area contributed by atoms with Crippen molar-refractivity contribution < 1.29 is 14.0 Å². The van der Waals surface area contributed by atoms with Gasteiger partial charge in [-0.2, -0.15) is 0 Å². The number of thiophene rings is 1. The van der Waals surface area contributed by atoms with E-state index >= 15 is 0 Å². The van der Waals surface area contributed by atoms with Crippen molar-refractivity contribution in [1.82, 2.24) is 10.6 Å². The van der Waals surface area contributed by atoms with Gasteiger partial charge in [0.25, 0.3) is 5.91 Å². The van der Waals surface area contributed by atoms with Crippen molar-refractivity contribution in [3.05, 3.63) is 93.4 Å². The number of rotatable bonds is 6. The number of carbonyl (C=O) groups excluding carboxylic acids is 2. The topological polar surface area (TPSA) is 58.2 Å². The average Bonchev–Trinajstić information content (AvgIpc) is 3.20. The minimum atomic E-state index is -0.395. The SMILES string of the molecule is Cc1ccccc1C(=O)NCC(=O)NC(c1ccc(F)cc1)c1cccs1. The molecule has 1 aromatic heterocycles. The number of hydrogen-bond acceptors (Lipinski definition) is 3. The number of aryl methyl sites for hydroxylation is 1. The summed E-state index contributed by atoms with van der Waals surface area (Å²) in [6.07, 6.45) is 0. The van der Waals surface area contributed by atoms with Crippen LogP contribution < -0.4 is 10.6 Å². The number of hydrogen-bond donors (Lipinski definition) is 2. The molecule has 0 spiro atoms. The van der Waals surface area contributed by atoms with Crippen molar-refractivity contribution >= 4 is 23.2 Å². The third kappa shape index (κ3) is 4.80. The maximum atomic E-state index is 13.2. The van der Waals surface area contributed by atoms with Gasteiger partial charge in [-0.05, 0) is 47.7 Å². The van der Waals surface area contributed by atoms with Gasteiger partial charge in [-0.15, -0.1) is 11.3 Å². The van der Waals surface area contributed by atoms with Crippen molar-refractivity contribution in [2.45, 2.75) is 13.0 Å². The Morgan fingerprint density at radius 2 is 1.78 bits per heavy atom. The van der Waals surface area contributed by atoms with Crippen LogP contribution in [0.25, 0.3) is 0 Å². The summed E-state index contributed by atoms with van der Waals surface area (Å²) in [5.41, 5.74) is 2.16. The maximum absolute atomic E-state index is 13.2. The lowest BCUT2D eigenvalue weighted by Crippen LogP contribution is -2.39. The Hall–Kier alpha value is -2.99. The molecule has 0 aliphatic rings. The van der Waals surface area contributed by atoms with E-state index in [9.17, 15) is 14.0 Å². The van der Waals surface area contributed by atoms with Gasteiger partial charge >= 0.3 is 0 Å². The normalized spacial score (nSPS) is 11.6. The fraction of sp³-hybridized carbons (Fsp3) is 0.143. The Morgan fingerprint density at radius 3 is 2.44 bits per heavy atom. The monoisotopic (exact) mass is 382 g/mol. The third-order valence-electron chi connectivity index (χ3n) is 4.14. The van der Waals surface area contributed by atoms with Crippen LogP contribution in [0.4, 0.5) is 4.39 Å². The second-order valence-electron chi connectivity index (χ2n) is 6.07. The number of nitrogens with one attached hydrogen (secondary N) is 2. The van der Waals surface area contributed by atoms with Gasteiger partial charge in [0.15, 0.2) is 0 Å². The Bertz CT molecular complexity index is 924. The summed E-state index contributed by atoms with van der Waals surface area (Å²) in [5.74, 6) is -0.946. The largest absolute Gasteiger partial charge is 0.343 e. The van der Waals surface area contributed by atoms with Crippen LogP contribution in [0.1, 0.15) is 32.4 Å². The van der Waals surface area contributed by atoms with Gasteiger partial charge in [-0.3, -0.25) is 9.59 Å². The molecular weight excluding hydrogens is 363 g/mol. The molecular formula is C21H19FN2O2S. The van der Waals surface area contributed by atoms with E-state index in [-0.39, 0.29) is 24.2 Å². The second kappa shape index (κ2) is 8.60. The zero-order valence-corrected chi connectivity index (χ0v) is 15.6. The van der Waals surface area contributed by atoms with Gasteiger partial charge in [0.05, 0.1) is 12.6 Å². The maximum Gasteiger partial charge on any atom is 0.251 e. The van der Waals surface area contributed by atoms with Gasteiger partial charge in [-0.25, -0.2) is 4.39 Å². The predicted octanol–water partition coefficient (Wildman–Crippen LogP) is 3.83. The summed E-state index contributed by atoms with van der Waals surface area (Å²) in [5, 5.41) is 7.47. The van der Waals surface area contributed by atoms with E-state index in [0.29, 0.717) is 5.56 Å². The first-order valence-electron chi connectivity index (χ1n) is 8.46. The summed E-state index contributed by atoms with van der Waals surface area (Å²) in [6.45, 7) is 1.70. The summed E-state index contributed by atoms with van der Waals surface area (Å²) >= 11 is 1.50. The fourth-order valence-electron chi connectivity index (χ4n) is 2.72. The first-order chi connectivity index (χ1) is 13.0. The lowest BCUT2D eigenvalue weighted by molar-refractivity contribution is -0.120. The standard InChI is InChI=1S/C21H19FN2O2S/c1-14-5-2-3-6-17(14)21(26)23-13-19(25)24-20(18-7-4-12-27-18)15-8-10-16(22)11-9-15/h2-12,20H,13H2,1H3,(H,23,26)(H,24,25). The molecule has 138 valence electrons. The van der Waals surface area contributed by atoms with E-state index in [1.165, 1.54) is 23.5 Å². The lowest BCUT2D eigenvalue weighted by Gasteiger charge is -2.18. The highest BCUT2D eigenvalue weighted by molar-refractivity contribution is 7.10. The lowest BCUT2D eigenvalue weighted by atomic mass is 10.1. The van der Waals surface area contributed by atoms with Gasteiger partial charge in [-0.1, -0.05) is 36.4 Å². The van der Waals surface area contributed by atoms with Crippen LogP contribution in [0.3, 0.4) is 0 Å². The molecule has 0 fully saturated rings. The van der Waals surface area contributed by atoms with Crippen molar-refractivity contribution in [2.24, 2.45) is 0 Å². The van der Waals surface area contributed by atoms with Crippen LogP contribution in [0.15, 0.2) is 66.0 Å². The number of benzene rings is 2. The zero-order valence-electron chi connectivity index (χ0n) is 14.7. The molecule has 2 N–H and O–H groups in total. The van der Waals surface area contributed by atoms with E-state index in [0.717, 1.165) is 16.0 Å². The van der Waals surface area contributed by atoms with E-state index in [1.807, 2.05) is 36.6 Å². The van der Waals surface area contributed by atoms with Crippen molar-refractivity contribution in [2.75, 3.05) is 6.54 Å². The highest BCUT2D eigenvalue weighted by Crippen LogP contribution is 2.26. The number of carbonyl (C=O) groups is 2. The highest BCUT2D eigenvalue weighted by atomic mass is 32.1. The van der Waals surface area contributed by atoms with Gasteiger partial charge in [0.1, 0.15) is 5.82 Å². The Kier molecular flexibility index (Phi) is 5.98. The van der Waals surface area contributed by atoms with Crippen LogP contribution in [-0.4, -0.2) is 18.4 Å². The van der Waals surface area contributed by atoms with Gasteiger partial charge in [0, 0.05) is 10.4 Å². The summed E-state index contributed by atoms with van der Waals surface area (Å²) in [4.78, 5) is 25.6. The minimum Gasteiger partial charge on any atom is -0.343 e. The average molecular weight is 382 g/mol. The Morgan fingerprint density at radius 1 is 1.04 bits per heavy atom. The molecule has 2 aromatic carbocycles. The molecule has 4 nitrogen and oxygen atoms in total. The molecule has 1 atom stereocenters. The van der Waals surface area contributed by atoms with Gasteiger partial charge in [0.2, 0.25) is 5.91 Å². The molecule has 3 aromatic rings. The first-order valence-corrected chi connectivity index (χ1v) is 9.34. The third-order valence-corrected chi connectivity index (χ3v) is 5.07. The minimum absolute atomic E-state index is 0.143. The molecule has 0 aliphatic heterocycles. The molecule has 1 unspecified atom stereocenters. The first kappa shape index (κ1) is 18.8. The molecule has 6 heteroatoms. The molecule has 0 radical (unpaired) electrons. The summed E-state index contributed by atoms with van der Waals surface area (Å²) in [7, 11) is 0. The quantitative estimate of drug-likeness (QED) is 0.681. The van der Waals surface area contributed by atoms with E-state index in [4.69, 9.17) is 0 Å². The van der Waals surface area contributed by atoms with Crippen LogP contribution >= 0.6 is 11.3 Å². The molecule has 27 heavy (non-hydrogen) atoms. The number of halogens is 1. The van der Waals surface area contributed by atoms with Crippen LogP contribution in [0.5, 0.6) is 0 Å². The molecule has 2 amide bonds. The molecule has 0 aliphatic carbocycles. The van der Waals surface area contributed by atoms with Crippen LogP contribution in [0, 0.1) is 12.7 Å². The van der Waals surface area contributed by atoms with Crippen molar-refractivity contribution in [1.29, 1.82) is 0 Å². The molecule has 0 saturated heterocycles. The molecule has 0 saturated carbocycles. The highest BCUT2D eigenvalue weighted by Gasteiger charge is 2.18. The second-order valence-corrected chi connectivity index (χ2v) is 7.04. The van der Waals surface area contributed by atoms with Crippen molar-refractivity contribution in [3.63, 3.8) is 0 Å². The zero-order chi connectivity index (χ0) is 19.2. The van der Waals surface area contributed by atoms with Crippen LogP contribution in [0.2, 0.25) is 0 Å². The summed E-state index contributed by atoms with van der Waals surface area (Å²) in [6, 6.07) is 16.6.